The van der Waals surface area contributed by atoms with Gasteiger partial charge in [0.05, 0.1) is 19.9 Å². The van der Waals surface area contributed by atoms with Crippen molar-refractivity contribution < 1.29 is 19.1 Å². The van der Waals surface area contributed by atoms with Crippen LogP contribution in [0.3, 0.4) is 0 Å². The van der Waals surface area contributed by atoms with Gasteiger partial charge in [0.2, 0.25) is 5.97 Å². The number of esters is 2. The number of fused-ring (bicyclic) bond motifs is 3. The zero-order valence-corrected chi connectivity index (χ0v) is 16.8. The molecule has 1 aliphatic rings. The first-order valence-corrected chi connectivity index (χ1v) is 10.1. The highest BCUT2D eigenvalue weighted by molar-refractivity contribution is 7.98. The molecule has 144 valence electrons. The number of hydrogen-bond acceptors (Lipinski definition) is 5. The Hall–Kier alpha value is -2.99. The lowest BCUT2D eigenvalue weighted by atomic mass is 10.0. The monoisotopic (exact) mass is 395 g/mol. The highest BCUT2D eigenvalue weighted by Crippen LogP contribution is 2.44. The lowest BCUT2D eigenvalue weighted by Crippen LogP contribution is -2.32. The Morgan fingerprint density at radius 2 is 1.71 bits per heavy atom. The molecule has 1 atom stereocenters. The van der Waals surface area contributed by atoms with Crippen molar-refractivity contribution >= 4 is 28.7 Å². The largest absolute Gasteiger partial charge is 0.480 e. The summed E-state index contributed by atoms with van der Waals surface area (Å²) in [5.41, 5.74) is 3.51. The molecule has 0 amide bonds. The predicted octanol–water partition coefficient (Wildman–Crippen LogP) is 3.67. The van der Waals surface area contributed by atoms with Crippen LogP contribution in [0.15, 0.2) is 71.3 Å². The summed E-state index contributed by atoms with van der Waals surface area (Å²) < 4.78 is 11.6. The summed E-state index contributed by atoms with van der Waals surface area (Å²) in [6, 6.07) is 16.4. The van der Waals surface area contributed by atoms with Crippen molar-refractivity contribution in [2.45, 2.75) is 11.8 Å². The van der Waals surface area contributed by atoms with Crippen LogP contribution in [0.5, 0.6) is 0 Å². The lowest BCUT2D eigenvalue weighted by molar-refractivity contribution is -0.135. The van der Waals surface area contributed by atoms with E-state index in [0.29, 0.717) is 0 Å². The van der Waals surface area contributed by atoms with Gasteiger partial charge in [-0.3, -0.25) is 9.59 Å². The molecule has 0 fully saturated rings. The summed E-state index contributed by atoms with van der Waals surface area (Å²) in [5, 5.41) is 0. The van der Waals surface area contributed by atoms with Crippen LogP contribution in [0.4, 0.5) is 5.69 Å². The average Bonchev–Trinajstić information content (AvgIpc) is 2.75. The number of para-hydroxylation sites is 1. The van der Waals surface area contributed by atoms with E-state index in [1.165, 1.54) is 30.8 Å². The summed E-state index contributed by atoms with van der Waals surface area (Å²) >= 11 is -0.296. The third kappa shape index (κ3) is 3.82. The maximum Gasteiger partial charge on any atom is 0.255 e. The third-order valence-corrected chi connectivity index (χ3v) is 6.48. The Balaban J connectivity index is 2.15. The van der Waals surface area contributed by atoms with E-state index in [1.807, 2.05) is 30.3 Å². The quantitative estimate of drug-likeness (QED) is 0.254. The van der Waals surface area contributed by atoms with E-state index in [9.17, 15) is 9.59 Å². The molecule has 2 aromatic carbocycles. The summed E-state index contributed by atoms with van der Waals surface area (Å²) in [6.45, 7) is 2.11. The summed E-state index contributed by atoms with van der Waals surface area (Å²) in [7, 11) is 2.57. The van der Waals surface area contributed by atoms with Gasteiger partial charge in [0.25, 0.3) is 5.97 Å². The van der Waals surface area contributed by atoms with Crippen LogP contribution in [-0.2, 0) is 30.1 Å². The van der Waals surface area contributed by atoms with Crippen LogP contribution < -0.4 is 4.31 Å². The average molecular weight is 395 g/mol. The van der Waals surface area contributed by atoms with Gasteiger partial charge < -0.3 is 9.47 Å². The van der Waals surface area contributed by atoms with Crippen molar-refractivity contribution in [1.29, 1.82) is 0 Å². The van der Waals surface area contributed by atoms with Gasteiger partial charge in [-0.2, -0.15) is 10.4 Å². The third-order valence-electron chi connectivity index (χ3n) is 4.29. The van der Waals surface area contributed by atoms with Crippen LogP contribution >= 0.6 is 0 Å². The summed E-state index contributed by atoms with van der Waals surface area (Å²) in [4.78, 5) is 25.0. The number of rotatable bonds is 5. The van der Waals surface area contributed by atoms with Crippen molar-refractivity contribution in [2.75, 3.05) is 24.3 Å². The number of anilines is 1. The maximum atomic E-state index is 12.3. The molecule has 0 saturated carbocycles. The number of methoxy groups -OCH3 is 2. The molecule has 0 bridgehead atoms. The van der Waals surface area contributed by atoms with Crippen molar-refractivity contribution in [3.05, 3.63) is 72.5 Å². The Labute approximate surface area is 167 Å². The number of hydrogen-bond donors (Lipinski definition) is 0. The van der Waals surface area contributed by atoms with Crippen LogP contribution in [0, 0.1) is 6.08 Å². The second kappa shape index (κ2) is 8.80. The molecule has 1 heterocycles. The fraction of sp³-hybridized carbons (Fsp3) is 0.182. The number of nitrogens with zero attached hydrogens (tertiary/aromatic N) is 1. The van der Waals surface area contributed by atoms with Crippen LogP contribution in [0.2, 0.25) is 0 Å². The number of carbonyl (C=O) groups is 2. The molecule has 0 aromatic heterocycles. The van der Waals surface area contributed by atoms with Gasteiger partial charge in [-0.15, -0.1) is 0 Å². The Bertz CT molecular complexity index is 951. The van der Waals surface area contributed by atoms with Gasteiger partial charge in [0, 0.05) is 11.1 Å². The predicted molar refractivity (Wildman–Crippen MR) is 110 cm³/mol. The molecule has 1 unspecified atom stereocenters. The molecule has 0 aliphatic carbocycles. The van der Waals surface area contributed by atoms with Gasteiger partial charge in [0.1, 0.15) is 16.8 Å². The first-order valence-electron chi connectivity index (χ1n) is 8.77. The number of ether oxygens (including phenoxy) is 2. The molecule has 0 radical (unpaired) electrons. The molecule has 1 aliphatic heterocycles. The van der Waals surface area contributed by atoms with Crippen LogP contribution in [0.1, 0.15) is 6.92 Å². The van der Waals surface area contributed by atoms with E-state index in [2.05, 4.69) is 40.2 Å². The molecule has 5 nitrogen and oxygen atoms in total. The zero-order chi connectivity index (χ0) is 20.1. The van der Waals surface area contributed by atoms with E-state index in [-0.39, 0.29) is 16.7 Å². The van der Waals surface area contributed by atoms with E-state index >= 15 is 0 Å². The summed E-state index contributed by atoms with van der Waals surface area (Å²) in [5.74, 6) is -0.345. The highest BCUT2D eigenvalue weighted by Gasteiger charge is 2.37. The molecular formula is C22H21NO4S. The van der Waals surface area contributed by atoms with Gasteiger partial charge >= 0.3 is 0 Å². The van der Waals surface area contributed by atoms with Gasteiger partial charge in [-0.1, -0.05) is 35.9 Å². The second-order valence-corrected chi connectivity index (χ2v) is 7.99. The minimum Gasteiger partial charge on any atom is -0.480 e. The number of carbonyl (C=O) groups excluding carboxylic acids is 2. The molecule has 3 rings (SSSR count). The Morgan fingerprint density at radius 3 is 2.39 bits per heavy atom. The standard InChI is InChI=1S/C22H21NO4S/c1-4-28-20-12-8-6-10-18(20)17-9-5-7-11-19(17)23(28)15-16(22(25)27-3)13-14-21(24)26-2/h5-13,15H,4H2,1-3H3/b16-15+. The molecule has 0 spiro atoms. The van der Waals surface area contributed by atoms with Gasteiger partial charge in [0.15, 0.2) is 4.90 Å². The molecular weight excluding hydrogens is 374 g/mol. The first kappa shape index (κ1) is 19.8. The van der Waals surface area contributed by atoms with E-state index in [4.69, 9.17) is 4.74 Å². The van der Waals surface area contributed by atoms with Crippen LogP contribution in [0.25, 0.3) is 11.1 Å². The second-order valence-electron chi connectivity index (χ2n) is 5.85. The van der Waals surface area contributed by atoms with Crippen LogP contribution in [-0.4, -0.2) is 31.9 Å². The fourth-order valence-electron chi connectivity index (χ4n) is 3.03. The SMILES string of the molecule is CC[S+]1c2ccccc2-c2ccccc2N1/C=C(\C=[C-]C(=O)OC)C(=O)OC. The van der Waals surface area contributed by atoms with Gasteiger partial charge in [-0.05, 0) is 31.3 Å². The minimum atomic E-state index is -0.659. The molecule has 2 aromatic rings. The molecule has 0 saturated heterocycles. The lowest BCUT2D eigenvalue weighted by Gasteiger charge is -2.30. The van der Waals surface area contributed by atoms with Crippen molar-refractivity contribution in [3.63, 3.8) is 0 Å². The minimum absolute atomic E-state index is 0.216. The summed E-state index contributed by atoms with van der Waals surface area (Å²) in [6.07, 6.45) is 5.46. The van der Waals surface area contributed by atoms with Crippen molar-refractivity contribution in [2.24, 2.45) is 0 Å². The van der Waals surface area contributed by atoms with E-state index in [0.717, 1.165) is 17.0 Å². The zero-order valence-electron chi connectivity index (χ0n) is 16.0. The number of benzene rings is 2. The Morgan fingerprint density at radius 1 is 1.04 bits per heavy atom. The van der Waals surface area contributed by atoms with Crippen molar-refractivity contribution in [1.82, 2.24) is 0 Å². The molecule has 6 heteroatoms. The Kier molecular flexibility index (Phi) is 6.21. The first-order chi connectivity index (χ1) is 13.6. The molecule has 0 N–H and O–H groups in total. The highest BCUT2D eigenvalue weighted by atomic mass is 32.2. The van der Waals surface area contributed by atoms with E-state index in [1.54, 1.807) is 6.20 Å². The van der Waals surface area contributed by atoms with Gasteiger partial charge in [-0.25, -0.2) is 6.08 Å². The molecule has 28 heavy (non-hydrogen) atoms. The topological polar surface area (TPSA) is 55.8 Å². The normalized spacial score (nSPS) is 15.8. The smallest absolute Gasteiger partial charge is 0.255 e. The maximum absolute atomic E-state index is 12.3. The van der Waals surface area contributed by atoms with E-state index < -0.39 is 11.9 Å². The van der Waals surface area contributed by atoms with Crippen molar-refractivity contribution in [3.8, 4) is 11.1 Å². The fourth-order valence-corrected chi connectivity index (χ4v) is 5.14.